The Labute approximate surface area is 156 Å². The van der Waals surface area contributed by atoms with Crippen LogP contribution in [0.15, 0.2) is 49.9 Å². The molecule has 1 unspecified atom stereocenters. The molecule has 0 aliphatic carbocycles. The Balaban J connectivity index is 1.49. The zero-order chi connectivity index (χ0) is 18.1. The highest BCUT2D eigenvalue weighted by Crippen LogP contribution is 2.35. The minimum atomic E-state index is -0.303. The molecule has 0 radical (unpaired) electrons. The number of thiophene rings is 1. The lowest BCUT2D eigenvalue weighted by atomic mass is 10.1. The topological polar surface area (TPSA) is 77.8 Å². The van der Waals surface area contributed by atoms with Crippen LogP contribution in [0, 0.1) is 12.7 Å². The number of hydrogen-bond acceptors (Lipinski definition) is 8. The van der Waals surface area contributed by atoms with E-state index in [4.69, 9.17) is 8.94 Å². The Hall–Kier alpha value is -2.52. The second-order valence-electron chi connectivity index (χ2n) is 5.53. The maximum Gasteiger partial charge on any atom is 0.277 e. The van der Waals surface area contributed by atoms with Crippen molar-refractivity contribution in [3.63, 3.8) is 0 Å². The van der Waals surface area contributed by atoms with Crippen molar-refractivity contribution in [3.8, 4) is 22.2 Å². The molecule has 4 aromatic rings. The van der Waals surface area contributed by atoms with E-state index in [1.807, 2.05) is 24.4 Å². The van der Waals surface area contributed by atoms with Crippen LogP contribution in [0.5, 0.6) is 0 Å². The predicted molar refractivity (Wildman–Crippen MR) is 96.3 cm³/mol. The van der Waals surface area contributed by atoms with Crippen molar-refractivity contribution in [1.82, 2.24) is 20.3 Å². The molecule has 132 valence electrons. The number of benzene rings is 1. The Morgan fingerprint density at radius 1 is 1.23 bits per heavy atom. The highest BCUT2D eigenvalue weighted by Gasteiger charge is 2.20. The number of hydrogen-bond donors (Lipinski definition) is 0. The van der Waals surface area contributed by atoms with E-state index in [2.05, 4.69) is 20.3 Å². The van der Waals surface area contributed by atoms with Gasteiger partial charge in [0.15, 0.2) is 0 Å². The molecule has 4 rings (SSSR count). The smallest absolute Gasteiger partial charge is 0.277 e. The van der Waals surface area contributed by atoms with Gasteiger partial charge in [0.25, 0.3) is 11.1 Å². The van der Waals surface area contributed by atoms with Crippen LogP contribution in [0.25, 0.3) is 22.2 Å². The molecule has 1 atom stereocenters. The molecule has 6 nitrogen and oxygen atoms in total. The largest absolute Gasteiger partial charge is 0.410 e. The van der Waals surface area contributed by atoms with Crippen LogP contribution < -0.4 is 0 Å². The van der Waals surface area contributed by atoms with E-state index in [0.717, 1.165) is 4.88 Å². The summed E-state index contributed by atoms with van der Waals surface area (Å²) in [4.78, 5) is 5.27. The number of halogens is 1. The molecule has 0 saturated heterocycles. The minimum Gasteiger partial charge on any atom is -0.410 e. The molecule has 0 amide bonds. The van der Waals surface area contributed by atoms with E-state index >= 15 is 0 Å². The lowest BCUT2D eigenvalue weighted by molar-refractivity contribution is 0.379. The highest BCUT2D eigenvalue weighted by molar-refractivity contribution is 7.99. The maximum atomic E-state index is 13.7. The molecule has 1 aromatic carbocycles. The standard InChI is InChI=1S/C17H13FN4O2S2/c1-9-5-6-11(8-12(9)18)14-19-15(24-22-14)10(2)26-17-21-20-16(23-17)13-4-3-7-25-13/h3-8,10H,1-2H3. The number of rotatable bonds is 5. The van der Waals surface area contributed by atoms with Crippen molar-refractivity contribution >= 4 is 23.1 Å². The van der Waals surface area contributed by atoms with Gasteiger partial charge in [-0.1, -0.05) is 35.1 Å². The van der Waals surface area contributed by atoms with Crippen molar-refractivity contribution in [2.24, 2.45) is 0 Å². The molecular formula is C17H13FN4O2S2. The van der Waals surface area contributed by atoms with Crippen molar-refractivity contribution in [1.29, 1.82) is 0 Å². The molecule has 9 heteroatoms. The average molecular weight is 388 g/mol. The highest BCUT2D eigenvalue weighted by atomic mass is 32.2. The molecule has 0 N–H and O–H groups in total. The van der Waals surface area contributed by atoms with Crippen molar-refractivity contribution in [3.05, 3.63) is 53.0 Å². The van der Waals surface area contributed by atoms with Gasteiger partial charge in [0.1, 0.15) is 5.82 Å². The van der Waals surface area contributed by atoms with Gasteiger partial charge in [0.2, 0.25) is 11.7 Å². The SMILES string of the molecule is Cc1ccc(-c2noc(C(C)Sc3nnc(-c4cccs4)o3)n2)cc1F. The van der Waals surface area contributed by atoms with E-state index in [1.54, 1.807) is 19.1 Å². The summed E-state index contributed by atoms with van der Waals surface area (Å²) < 4.78 is 24.7. The summed E-state index contributed by atoms with van der Waals surface area (Å²) in [6, 6.07) is 8.68. The van der Waals surface area contributed by atoms with Crippen molar-refractivity contribution < 1.29 is 13.3 Å². The fourth-order valence-electron chi connectivity index (χ4n) is 2.21. The molecule has 0 aliphatic rings. The van der Waals surface area contributed by atoms with Crippen LogP contribution in [-0.4, -0.2) is 20.3 Å². The molecule has 0 bridgehead atoms. The molecule has 0 aliphatic heterocycles. The number of aromatic nitrogens is 4. The van der Waals surface area contributed by atoms with Gasteiger partial charge in [-0.15, -0.1) is 21.5 Å². The van der Waals surface area contributed by atoms with Gasteiger partial charge in [-0.3, -0.25) is 0 Å². The molecule has 0 fully saturated rings. The maximum absolute atomic E-state index is 13.7. The van der Waals surface area contributed by atoms with Crippen molar-refractivity contribution in [2.75, 3.05) is 0 Å². The first kappa shape index (κ1) is 16.9. The lowest BCUT2D eigenvalue weighted by Crippen LogP contribution is -1.90. The first-order valence-electron chi connectivity index (χ1n) is 7.74. The van der Waals surface area contributed by atoms with E-state index in [1.165, 1.54) is 29.2 Å². The fraction of sp³-hybridized carbons (Fsp3) is 0.176. The summed E-state index contributed by atoms with van der Waals surface area (Å²) in [5.41, 5.74) is 1.14. The van der Waals surface area contributed by atoms with E-state index < -0.39 is 0 Å². The second-order valence-corrected chi connectivity index (χ2v) is 7.77. The van der Waals surface area contributed by atoms with Gasteiger partial charge in [0, 0.05) is 5.56 Å². The van der Waals surface area contributed by atoms with Gasteiger partial charge < -0.3 is 8.94 Å². The molecule has 0 spiro atoms. The summed E-state index contributed by atoms with van der Waals surface area (Å²) >= 11 is 2.85. The normalized spacial score (nSPS) is 12.4. The summed E-state index contributed by atoms with van der Waals surface area (Å²) in [5.74, 6) is 0.928. The Morgan fingerprint density at radius 3 is 2.88 bits per heavy atom. The minimum absolute atomic E-state index is 0.191. The molecule has 3 heterocycles. The van der Waals surface area contributed by atoms with E-state index in [0.29, 0.717) is 34.0 Å². The van der Waals surface area contributed by atoms with Gasteiger partial charge in [0.05, 0.1) is 10.1 Å². The Bertz CT molecular complexity index is 1030. The number of nitrogens with zero attached hydrogens (tertiary/aromatic N) is 4. The van der Waals surface area contributed by atoms with Crippen LogP contribution in [0.3, 0.4) is 0 Å². The quantitative estimate of drug-likeness (QED) is 0.438. The first-order chi connectivity index (χ1) is 12.6. The lowest BCUT2D eigenvalue weighted by Gasteiger charge is -2.01. The summed E-state index contributed by atoms with van der Waals surface area (Å²) in [7, 11) is 0. The van der Waals surface area contributed by atoms with Crippen LogP contribution in [-0.2, 0) is 0 Å². The van der Waals surface area contributed by atoms with Gasteiger partial charge in [-0.2, -0.15) is 4.98 Å². The third-order valence-electron chi connectivity index (χ3n) is 3.64. The number of aryl methyl sites for hydroxylation is 1. The van der Waals surface area contributed by atoms with Crippen LogP contribution in [0.1, 0.15) is 23.6 Å². The van der Waals surface area contributed by atoms with Crippen LogP contribution in [0.4, 0.5) is 4.39 Å². The molecular weight excluding hydrogens is 375 g/mol. The predicted octanol–water partition coefficient (Wildman–Crippen LogP) is 5.15. The van der Waals surface area contributed by atoms with E-state index in [9.17, 15) is 4.39 Å². The summed E-state index contributed by atoms with van der Waals surface area (Å²) in [6.45, 7) is 3.60. The number of thioether (sulfide) groups is 1. The Morgan fingerprint density at radius 2 is 2.12 bits per heavy atom. The third kappa shape index (κ3) is 3.40. The zero-order valence-electron chi connectivity index (χ0n) is 13.8. The summed E-state index contributed by atoms with van der Waals surface area (Å²) in [5, 5.41) is 14.2. The summed E-state index contributed by atoms with van der Waals surface area (Å²) in [6.07, 6.45) is 0. The average Bonchev–Trinajstić information content (AvgIpc) is 3.38. The van der Waals surface area contributed by atoms with Gasteiger partial charge >= 0.3 is 0 Å². The molecule has 3 aromatic heterocycles. The zero-order valence-corrected chi connectivity index (χ0v) is 15.5. The monoisotopic (exact) mass is 388 g/mol. The van der Waals surface area contributed by atoms with E-state index in [-0.39, 0.29) is 11.1 Å². The van der Waals surface area contributed by atoms with Crippen LogP contribution in [0.2, 0.25) is 0 Å². The Kier molecular flexibility index (Phi) is 4.56. The first-order valence-corrected chi connectivity index (χ1v) is 9.50. The van der Waals surface area contributed by atoms with Crippen molar-refractivity contribution in [2.45, 2.75) is 24.3 Å². The molecule has 26 heavy (non-hydrogen) atoms. The third-order valence-corrected chi connectivity index (χ3v) is 5.42. The van der Waals surface area contributed by atoms with Crippen LogP contribution >= 0.6 is 23.1 Å². The van der Waals surface area contributed by atoms with Gasteiger partial charge in [-0.05, 0) is 36.9 Å². The molecule has 0 saturated carbocycles. The second kappa shape index (κ2) is 7.00. The fourth-order valence-corrected chi connectivity index (χ4v) is 3.57. The van der Waals surface area contributed by atoms with Gasteiger partial charge in [-0.25, -0.2) is 4.39 Å².